The van der Waals surface area contributed by atoms with E-state index in [-0.39, 0.29) is 11.8 Å². The predicted molar refractivity (Wildman–Crippen MR) is 79.5 cm³/mol. The van der Waals surface area contributed by atoms with E-state index < -0.39 is 6.61 Å². The van der Waals surface area contributed by atoms with Crippen LogP contribution in [0.1, 0.15) is 29.7 Å². The third kappa shape index (κ3) is 4.83. The van der Waals surface area contributed by atoms with E-state index >= 15 is 0 Å². The first kappa shape index (κ1) is 15.4. The van der Waals surface area contributed by atoms with Gasteiger partial charge in [0.2, 0.25) is 0 Å². The van der Waals surface area contributed by atoms with Gasteiger partial charge in [-0.1, -0.05) is 42.0 Å². The van der Waals surface area contributed by atoms with Gasteiger partial charge in [0.15, 0.2) is 0 Å². The molecule has 21 heavy (non-hydrogen) atoms. The summed E-state index contributed by atoms with van der Waals surface area (Å²) in [5.41, 5.74) is 3.48. The summed E-state index contributed by atoms with van der Waals surface area (Å²) in [5, 5.41) is 3.41. The molecule has 0 fully saturated rings. The number of benzene rings is 2. The van der Waals surface area contributed by atoms with Crippen molar-refractivity contribution in [1.29, 1.82) is 0 Å². The van der Waals surface area contributed by atoms with Crippen LogP contribution in [0.2, 0.25) is 0 Å². The molecule has 0 heterocycles. The summed E-state index contributed by atoms with van der Waals surface area (Å²) >= 11 is 0. The summed E-state index contributed by atoms with van der Waals surface area (Å²) in [6.07, 6.45) is 0. The van der Waals surface area contributed by atoms with Crippen LogP contribution < -0.4 is 10.1 Å². The topological polar surface area (TPSA) is 21.3 Å². The first-order valence-electron chi connectivity index (χ1n) is 6.88. The van der Waals surface area contributed by atoms with E-state index in [4.69, 9.17) is 0 Å². The summed E-state index contributed by atoms with van der Waals surface area (Å²) in [6.45, 7) is 2.05. The average molecular weight is 291 g/mol. The van der Waals surface area contributed by atoms with Crippen LogP contribution in [0, 0.1) is 6.92 Å². The molecular formula is C17H19F2NO. The fraction of sp³-hybridized carbons (Fsp3) is 0.294. The van der Waals surface area contributed by atoms with E-state index in [0.29, 0.717) is 6.54 Å². The van der Waals surface area contributed by atoms with Crippen molar-refractivity contribution in [2.45, 2.75) is 33.0 Å². The predicted octanol–water partition coefficient (Wildman–Crippen LogP) is 4.45. The molecule has 0 saturated carbocycles. The molecule has 1 atom stereocenters. The number of halogens is 2. The third-order valence-electron chi connectivity index (χ3n) is 3.34. The Morgan fingerprint density at radius 1 is 1.00 bits per heavy atom. The highest BCUT2D eigenvalue weighted by atomic mass is 19.3. The summed E-state index contributed by atoms with van der Waals surface area (Å²) in [7, 11) is 0. The summed E-state index contributed by atoms with van der Waals surface area (Å²) in [4.78, 5) is 0. The SMILES string of the molecule is Cc1ccc([C@@H](C)NCc2ccc(OC(F)F)cc2)cc1. The number of hydrogen-bond acceptors (Lipinski definition) is 2. The second-order valence-electron chi connectivity index (χ2n) is 5.04. The molecule has 2 aromatic carbocycles. The van der Waals surface area contributed by atoms with Crippen molar-refractivity contribution >= 4 is 0 Å². The minimum Gasteiger partial charge on any atom is -0.435 e. The standard InChI is InChI=1S/C17H19F2NO/c1-12-3-7-15(8-4-12)13(2)20-11-14-5-9-16(10-6-14)21-17(18)19/h3-10,13,17,20H,11H2,1-2H3/t13-/m1/s1. The van der Waals surface area contributed by atoms with Gasteiger partial charge in [0.25, 0.3) is 0 Å². The van der Waals surface area contributed by atoms with Gasteiger partial charge in [0.05, 0.1) is 0 Å². The highest BCUT2D eigenvalue weighted by Crippen LogP contribution is 2.17. The molecule has 0 amide bonds. The van der Waals surface area contributed by atoms with Crippen molar-refractivity contribution in [2.75, 3.05) is 0 Å². The number of hydrogen-bond donors (Lipinski definition) is 1. The lowest BCUT2D eigenvalue weighted by molar-refractivity contribution is -0.0498. The normalized spacial score (nSPS) is 12.4. The molecule has 4 heteroatoms. The summed E-state index contributed by atoms with van der Waals surface area (Å²) < 4.78 is 28.4. The summed E-state index contributed by atoms with van der Waals surface area (Å²) in [5.74, 6) is 0.181. The zero-order chi connectivity index (χ0) is 15.2. The maximum absolute atomic E-state index is 12.1. The Kier molecular flexibility index (Phi) is 5.28. The van der Waals surface area contributed by atoms with E-state index in [1.165, 1.54) is 11.1 Å². The Labute approximate surface area is 123 Å². The molecule has 0 aliphatic rings. The third-order valence-corrected chi connectivity index (χ3v) is 3.34. The Morgan fingerprint density at radius 2 is 1.62 bits per heavy atom. The zero-order valence-electron chi connectivity index (χ0n) is 12.1. The molecule has 2 nitrogen and oxygen atoms in total. The first-order chi connectivity index (χ1) is 10.0. The number of alkyl halides is 2. The Hall–Kier alpha value is -1.94. The van der Waals surface area contributed by atoms with Gasteiger partial charge in [-0.25, -0.2) is 0 Å². The van der Waals surface area contributed by atoms with Gasteiger partial charge >= 0.3 is 6.61 Å². The van der Waals surface area contributed by atoms with Crippen LogP contribution in [-0.4, -0.2) is 6.61 Å². The lowest BCUT2D eigenvalue weighted by Gasteiger charge is -2.15. The first-order valence-corrected chi connectivity index (χ1v) is 6.88. The maximum Gasteiger partial charge on any atom is 0.387 e. The Morgan fingerprint density at radius 3 is 2.19 bits per heavy atom. The van der Waals surface area contributed by atoms with Gasteiger partial charge < -0.3 is 10.1 Å². The van der Waals surface area contributed by atoms with Crippen LogP contribution in [0.15, 0.2) is 48.5 Å². The highest BCUT2D eigenvalue weighted by molar-refractivity contribution is 5.28. The molecular weight excluding hydrogens is 272 g/mol. The fourth-order valence-electron chi connectivity index (χ4n) is 2.03. The van der Waals surface area contributed by atoms with Crippen molar-refractivity contribution in [3.05, 3.63) is 65.2 Å². The average Bonchev–Trinajstić information content (AvgIpc) is 2.46. The monoisotopic (exact) mass is 291 g/mol. The quantitative estimate of drug-likeness (QED) is 0.849. The highest BCUT2D eigenvalue weighted by Gasteiger charge is 2.06. The molecule has 2 aromatic rings. The molecule has 0 unspecified atom stereocenters. The van der Waals surface area contributed by atoms with Crippen molar-refractivity contribution in [1.82, 2.24) is 5.32 Å². The van der Waals surface area contributed by atoms with Crippen LogP contribution in [0.5, 0.6) is 5.75 Å². The minimum absolute atomic E-state index is 0.181. The lowest BCUT2D eigenvalue weighted by atomic mass is 10.1. The molecule has 2 rings (SSSR count). The molecule has 0 saturated heterocycles. The summed E-state index contributed by atoms with van der Waals surface area (Å²) in [6, 6.07) is 15.3. The van der Waals surface area contributed by atoms with Gasteiger partial charge in [0.1, 0.15) is 5.75 Å². The van der Waals surface area contributed by atoms with Crippen molar-refractivity contribution in [2.24, 2.45) is 0 Å². The molecule has 0 bridgehead atoms. The van der Waals surface area contributed by atoms with E-state index in [0.717, 1.165) is 5.56 Å². The maximum atomic E-state index is 12.1. The van der Waals surface area contributed by atoms with Crippen LogP contribution in [0.4, 0.5) is 8.78 Å². The van der Waals surface area contributed by atoms with Gasteiger partial charge in [-0.15, -0.1) is 0 Å². The number of rotatable bonds is 6. The second kappa shape index (κ2) is 7.18. The second-order valence-corrected chi connectivity index (χ2v) is 5.04. The number of aryl methyl sites for hydroxylation is 1. The Bertz CT molecular complexity index is 552. The van der Waals surface area contributed by atoms with Crippen LogP contribution in [0.25, 0.3) is 0 Å². The molecule has 0 radical (unpaired) electrons. The molecule has 0 spiro atoms. The smallest absolute Gasteiger partial charge is 0.387 e. The van der Waals surface area contributed by atoms with Crippen LogP contribution in [0.3, 0.4) is 0 Å². The number of nitrogens with one attached hydrogen (secondary N) is 1. The number of ether oxygens (including phenoxy) is 1. The van der Waals surface area contributed by atoms with Crippen molar-refractivity contribution < 1.29 is 13.5 Å². The van der Waals surface area contributed by atoms with Gasteiger partial charge in [0, 0.05) is 12.6 Å². The molecule has 0 aromatic heterocycles. The Balaban J connectivity index is 1.88. The molecule has 0 aliphatic heterocycles. The van der Waals surface area contributed by atoms with Crippen LogP contribution >= 0.6 is 0 Å². The zero-order valence-corrected chi connectivity index (χ0v) is 12.1. The van der Waals surface area contributed by atoms with Gasteiger partial charge in [-0.05, 0) is 37.1 Å². The van der Waals surface area contributed by atoms with E-state index in [1.807, 2.05) is 0 Å². The minimum atomic E-state index is -2.78. The fourth-order valence-corrected chi connectivity index (χ4v) is 2.03. The van der Waals surface area contributed by atoms with Crippen molar-refractivity contribution in [3.63, 3.8) is 0 Å². The largest absolute Gasteiger partial charge is 0.435 e. The van der Waals surface area contributed by atoms with Gasteiger partial charge in [-0.3, -0.25) is 0 Å². The van der Waals surface area contributed by atoms with Gasteiger partial charge in [-0.2, -0.15) is 8.78 Å². The molecule has 1 N–H and O–H groups in total. The molecule has 0 aliphatic carbocycles. The van der Waals surface area contributed by atoms with E-state index in [9.17, 15) is 8.78 Å². The van der Waals surface area contributed by atoms with E-state index in [1.54, 1.807) is 24.3 Å². The van der Waals surface area contributed by atoms with Crippen molar-refractivity contribution in [3.8, 4) is 5.75 Å². The lowest BCUT2D eigenvalue weighted by Crippen LogP contribution is -2.18. The molecule has 112 valence electrons. The van der Waals surface area contributed by atoms with E-state index in [2.05, 4.69) is 48.2 Å². The van der Waals surface area contributed by atoms with Crippen LogP contribution in [-0.2, 0) is 6.54 Å².